The van der Waals surface area contributed by atoms with E-state index in [1.165, 1.54) is 24.5 Å². The average molecular weight is 370 g/mol. The van der Waals surface area contributed by atoms with Crippen LogP contribution in [0.25, 0.3) is 0 Å². The Morgan fingerprint density at radius 3 is 2.61 bits per heavy atom. The summed E-state index contributed by atoms with van der Waals surface area (Å²) in [5.74, 6) is -0.190. The number of ether oxygens (including phenoxy) is 1. The maximum atomic E-state index is 13.3. The zero-order valence-corrected chi connectivity index (χ0v) is 13.1. The van der Waals surface area contributed by atoms with E-state index in [0.29, 0.717) is 8.67 Å². The molecule has 2 rings (SSSR count). The summed E-state index contributed by atoms with van der Waals surface area (Å²) in [6.45, 7) is 0. The molecule has 1 atom stereocenters. The monoisotopic (exact) mass is 368 g/mol. The predicted molar refractivity (Wildman–Crippen MR) is 78.1 cm³/mol. The van der Waals surface area contributed by atoms with E-state index in [-0.39, 0.29) is 10.6 Å². The van der Waals surface area contributed by atoms with E-state index in [1.807, 2.05) is 0 Å². The van der Waals surface area contributed by atoms with E-state index in [9.17, 15) is 4.39 Å². The average Bonchev–Trinajstić information content (AvgIpc) is 2.68. The fraction of sp³-hybridized carbons (Fsp3) is 0.167. The lowest BCUT2D eigenvalue weighted by Gasteiger charge is -2.11. The maximum Gasteiger partial charge on any atom is 0.165 e. The molecule has 2 aromatic rings. The fourth-order valence-electron chi connectivity index (χ4n) is 1.54. The van der Waals surface area contributed by atoms with Crippen molar-refractivity contribution in [3.05, 3.63) is 49.9 Å². The molecule has 1 aromatic heterocycles. The molecule has 96 valence electrons. The Morgan fingerprint density at radius 2 is 2.06 bits per heavy atom. The summed E-state index contributed by atoms with van der Waals surface area (Å²) in [5.41, 5.74) is 1.71. The number of thiophene rings is 1. The number of alkyl halides is 1. The number of hydrogen-bond donors (Lipinski definition) is 0. The van der Waals surface area contributed by atoms with Gasteiger partial charge < -0.3 is 4.74 Å². The van der Waals surface area contributed by atoms with Crippen molar-refractivity contribution < 1.29 is 9.13 Å². The summed E-state index contributed by atoms with van der Waals surface area (Å²) in [4.78, 5) is -0.150. The molecule has 0 N–H and O–H groups in total. The lowest BCUT2D eigenvalue weighted by atomic mass is 10.1. The SMILES string of the molecule is COc1cc(C(Br)c2cc(Cl)sc2Cl)ccc1F. The van der Waals surface area contributed by atoms with Crippen molar-refractivity contribution in [1.29, 1.82) is 0 Å². The molecule has 0 aliphatic heterocycles. The smallest absolute Gasteiger partial charge is 0.165 e. The summed E-state index contributed by atoms with van der Waals surface area (Å²) in [6.07, 6.45) is 0. The van der Waals surface area contributed by atoms with Gasteiger partial charge in [0.15, 0.2) is 11.6 Å². The van der Waals surface area contributed by atoms with Gasteiger partial charge in [0.05, 0.1) is 20.6 Å². The first-order valence-corrected chi connectivity index (χ1v) is 7.44. The highest BCUT2D eigenvalue weighted by molar-refractivity contribution is 9.09. The molecule has 0 saturated carbocycles. The van der Waals surface area contributed by atoms with E-state index >= 15 is 0 Å². The second-order valence-corrected chi connectivity index (χ2v) is 6.74. The number of rotatable bonds is 3. The molecule has 1 heterocycles. The molecule has 0 radical (unpaired) electrons. The van der Waals surface area contributed by atoms with Crippen LogP contribution in [0.4, 0.5) is 4.39 Å². The van der Waals surface area contributed by atoms with Crippen molar-refractivity contribution in [2.24, 2.45) is 0 Å². The minimum Gasteiger partial charge on any atom is -0.494 e. The van der Waals surface area contributed by atoms with E-state index in [4.69, 9.17) is 27.9 Å². The van der Waals surface area contributed by atoms with Gasteiger partial charge in [-0.05, 0) is 23.8 Å². The van der Waals surface area contributed by atoms with Gasteiger partial charge in [-0.3, -0.25) is 0 Å². The molecule has 1 nitrogen and oxygen atoms in total. The second kappa shape index (κ2) is 5.78. The molecular weight excluding hydrogens is 362 g/mol. The highest BCUT2D eigenvalue weighted by Crippen LogP contribution is 2.42. The van der Waals surface area contributed by atoms with E-state index in [2.05, 4.69) is 15.9 Å². The van der Waals surface area contributed by atoms with Crippen molar-refractivity contribution in [2.75, 3.05) is 7.11 Å². The van der Waals surface area contributed by atoms with Crippen LogP contribution in [0.15, 0.2) is 24.3 Å². The van der Waals surface area contributed by atoms with Crippen LogP contribution in [0.1, 0.15) is 16.0 Å². The van der Waals surface area contributed by atoms with Crippen LogP contribution in [0.5, 0.6) is 5.75 Å². The van der Waals surface area contributed by atoms with E-state index in [0.717, 1.165) is 11.1 Å². The van der Waals surface area contributed by atoms with Gasteiger partial charge in [-0.1, -0.05) is 45.2 Å². The van der Waals surface area contributed by atoms with Gasteiger partial charge in [0.25, 0.3) is 0 Å². The highest BCUT2D eigenvalue weighted by Gasteiger charge is 2.18. The van der Waals surface area contributed by atoms with Crippen LogP contribution in [-0.4, -0.2) is 7.11 Å². The third-order valence-corrected chi connectivity index (χ3v) is 4.96. The standard InChI is InChI=1S/C12H8BrCl2FOS/c1-17-9-4-6(2-3-8(9)16)11(13)7-5-10(14)18-12(7)15/h2-5,11H,1H3. The molecule has 0 saturated heterocycles. The Kier molecular flexibility index (Phi) is 4.54. The molecule has 0 fully saturated rings. The summed E-state index contributed by atoms with van der Waals surface area (Å²) in [7, 11) is 1.43. The molecule has 0 aliphatic carbocycles. The zero-order chi connectivity index (χ0) is 13.3. The van der Waals surface area contributed by atoms with E-state index in [1.54, 1.807) is 18.2 Å². The van der Waals surface area contributed by atoms with Crippen LogP contribution >= 0.6 is 50.5 Å². The number of hydrogen-bond acceptors (Lipinski definition) is 2. The van der Waals surface area contributed by atoms with Crippen molar-refractivity contribution in [2.45, 2.75) is 4.83 Å². The van der Waals surface area contributed by atoms with Crippen LogP contribution in [0, 0.1) is 5.82 Å². The molecule has 1 unspecified atom stereocenters. The number of methoxy groups -OCH3 is 1. The molecule has 1 aromatic carbocycles. The van der Waals surface area contributed by atoms with Crippen LogP contribution in [0.2, 0.25) is 8.67 Å². The van der Waals surface area contributed by atoms with Gasteiger partial charge >= 0.3 is 0 Å². The third kappa shape index (κ3) is 2.82. The topological polar surface area (TPSA) is 9.23 Å². The lowest BCUT2D eigenvalue weighted by Crippen LogP contribution is -1.95. The first-order chi connectivity index (χ1) is 8.52. The second-order valence-electron chi connectivity index (χ2n) is 3.54. The van der Waals surface area contributed by atoms with Gasteiger partial charge in [0.1, 0.15) is 0 Å². The molecule has 6 heteroatoms. The first-order valence-electron chi connectivity index (χ1n) is 4.95. The van der Waals surface area contributed by atoms with Crippen LogP contribution in [0.3, 0.4) is 0 Å². The summed E-state index contributed by atoms with van der Waals surface area (Å²) in [5, 5.41) is 0. The van der Waals surface area contributed by atoms with Crippen molar-refractivity contribution in [1.82, 2.24) is 0 Å². The van der Waals surface area contributed by atoms with Crippen molar-refractivity contribution >= 4 is 50.5 Å². The summed E-state index contributed by atoms with van der Waals surface area (Å²) < 4.78 is 19.5. The lowest BCUT2D eigenvalue weighted by molar-refractivity contribution is 0.386. The molecule has 0 spiro atoms. The minimum atomic E-state index is -0.393. The van der Waals surface area contributed by atoms with Gasteiger partial charge in [0.2, 0.25) is 0 Å². The quantitative estimate of drug-likeness (QED) is 0.631. The van der Waals surface area contributed by atoms with Gasteiger partial charge in [-0.25, -0.2) is 4.39 Å². The first kappa shape index (κ1) is 14.1. The Balaban J connectivity index is 2.39. The Bertz CT molecular complexity index is 573. The Hall–Kier alpha value is -0.290. The molecule has 0 bridgehead atoms. The van der Waals surface area contributed by atoms with Gasteiger partial charge in [-0.2, -0.15) is 0 Å². The number of halogens is 4. The highest BCUT2D eigenvalue weighted by atomic mass is 79.9. The molecule has 0 aliphatic rings. The normalized spacial score (nSPS) is 12.5. The molecule has 0 amide bonds. The van der Waals surface area contributed by atoms with Gasteiger partial charge in [-0.15, -0.1) is 11.3 Å². The largest absolute Gasteiger partial charge is 0.494 e. The van der Waals surface area contributed by atoms with Crippen molar-refractivity contribution in [3.63, 3.8) is 0 Å². The van der Waals surface area contributed by atoms with E-state index < -0.39 is 5.82 Å². The number of benzene rings is 1. The molecular formula is C12H8BrCl2FOS. The summed E-state index contributed by atoms with van der Waals surface area (Å²) in [6, 6.07) is 6.48. The maximum absolute atomic E-state index is 13.3. The zero-order valence-electron chi connectivity index (χ0n) is 9.22. The van der Waals surface area contributed by atoms with Crippen LogP contribution < -0.4 is 4.74 Å². The third-order valence-electron chi connectivity index (χ3n) is 2.42. The van der Waals surface area contributed by atoms with Crippen LogP contribution in [-0.2, 0) is 0 Å². The fourth-order valence-corrected chi connectivity index (χ4v) is 4.00. The Labute approximate surface area is 127 Å². The minimum absolute atomic E-state index is 0.150. The van der Waals surface area contributed by atoms with Crippen molar-refractivity contribution in [3.8, 4) is 5.75 Å². The Morgan fingerprint density at radius 1 is 1.33 bits per heavy atom. The summed E-state index contributed by atoms with van der Waals surface area (Å²) >= 11 is 16.8. The van der Waals surface area contributed by atoms with Gasteiger partial charge in [0, 0.05) is 5.56 Å². The molecule has 18 heavy (non-hydrogen) atoms. The predicted octanol–water partition coefficient (Wildman–Crippen LogP) is 5.69.